The molecule has 2 aliphatic heterocycles. The van der Waals surface area contributed by atoms with Crippen molar-refractivity contribution in [2.45, 2.75) is 50.3 Å². The summed E-state index contributed by atoms with van der Waals surface area (Å²) < 4.78 is 31.7. The number of amides is 2. The van der Waals surface area contributed by atoms with Gasteiger partial charge in [-0.2, -0.15) is 8.42 Å². The Morgan fingerprint density at radius 2 is 1.67 bits per heavy atom. The van der Waals surface area contributed by atoms with Gasteiger partial charge in [0.05, 0.1) is 25.0 Å². The van der Waals surface area contributed by atoms with Crippen LogP contribution < -0.4 is 16.0 Å². The van der Waals surface area contributed by atoms with E-state index in [1.165, 1.54) is 11.3 Å². The summed E-state index contributed by atoms with van der Waals surface area (Å²) in [6.45, 7) is 6.01. The minimum absolute atomic E-state index is 0.0733. The second kappa shape index (κ2) is 12.5. The Labute approximate surface area is 231 Å². The SMILES string of the molecule is CN1CC2(CCN(C(=O)C(COCc3ccccc3)NC(=O)C(C)(C)N)CC2)c2ccccc21.CS(=O)(=O)O. The van der Waals surface area contributed by atoms with Gasteiger partial charge in [0.2, 0.25) is 11.8 Å². The normalized spacial score (nSPS) is 17.2. The minimum Gasteiger partial charge on any atom is -0.374 e. The third-order valence-electron chi connectivity index (χ3n) is 7.04. The highest BCUT2D eigenvalue weighted by Gasteiger charge is 2.44. The van der Waals surface area contributed by atoms with E-state index in [1.807, 2.05) is 35.2 Å². The smallest absolute Gasteiger partial charge is 0.261 e. The van der Waals surface area contributed by atoms with Crippen LogP contribution in [-0.4, -0.2) is 80.8 Å². The van der Waals surface area contributed by atoms with Crippen LogP contribution in [0.4, 0.5) is 5.69 Å². The molecule has 2 aromatic rings. The average molecular weight is 561 g/mol. The lowest BCUT2D eigenvalue weighted by Crippen LogP contribution is -2.59. The number of ether oxygens (including phenoxy) is 1. The van der Waals surface area contributed by atoms with E-state index in [1.54, 1.807) is 13.8 Å². The fourth-order valence-electron chi connectivity index (χ4n) is 5.07. The fourth-order valence-corrected chi connectivity index (χ4v) is 5.07. The van der Waals surface area contributed by atoms with Crippen molar-refractivity contribution in [1.29, 1.82) is 0 Å². The summed E-state index contributed by atoms with van der Waals surface area (Å²) in [7, 11) is -1.53. The number of likely N-dealkylation sites (tertiary alicyclic amines) is 1. The van der Waals surface area contributed by atoms with Crippen LogP contribution in [0.1, 0.15) is 37.8 Å². The molecule has 1 unspecified atom stereocenters. The van der Waals surface area contributed by atoms with Crippen LogP contribution in [0.15, 0.2) is 54.6 Å². The third kappa shape index (κ3) is 8.50. The van der Waals surface area contributed by atoms with E-state index in [0.29, 0.717) is 26.0 Å². The van der Waals surface area contributed by atoms with Crippen molar-refractivity contribution < 1.29 is 27.3 Å². The van der Waals surface area contributed by atoms with Gasteiger partial charge in [-0.15, -0.1) is 0 Å². The van der Waals surface area contributed by atoms with E-state index in [2.05, 4.69) is 41.5 Å². The Hall–Kier alpha value is -2.99. The molecule has 2 heterocycles. The molecule has 1 spiro atoms. The number of hydrogen-bond donors (Lipinski definition) is 3. The zero-order valence-electron chi connectivity index (χ0n) is 23.1. The van der Waals surface area contributed by atoms with Crippen LogP contribution in [0.25, 0.3) is 0 Å². The molecule has 214 valence electrons. The summed E-state index contributed by atoms with van der Waals surface area (Å²) in [6, 6.07) is 17.6. The molecule has 2 aromatic carbocycles. The molecular formula is C28H40N4O6S. The molecule has 4 rings (SSSR count). The summed E-state index contributed by atoms with van der Waals surface area (Å²) in [5.74, 6) is -0.478. The van der Waals surface area contributed by atoms with Crippen LogP contribution in [-0.2, 0) is 36.5 Å². The molecule has 0 bridgehead atoms. The largest absolute Gasteiger partial charge is 0.374 e. The molecule has 0 radical (unpaired) electrons. The van der Waals surface area contributed by atoms with Gasteiger partial charge >= 0.3 is 0 Å². The zero-order valence-corrected chi connectivity index (χ0v) is 23.9. The average Bonchev–Trinajstić information content (AvgIpc) is 3.13. The first kappa shape index (κ1) is 30.6. The van der Waals surface area contributed by atoms with Crippen LogP contribution in [0.3, 0.4) is 0 Å². The van der Waals surface area contributed by atoms with E-state index >= 15 is 0 Å². The van der Waals surface area contributed by atoms with E-state index in [-0.39, 0.29) is 23.8 Å². The predicted molar refractivity (Wildman–Crippen MR) is 151 cm³/mol. The number of nitrogens with two attached hydrogens (primary N) is 1. The summed E-state index contributed by atoms with van der Waals surface area (Å²) >= 11 is 0. The number of likely N-dealkylation sites (N-methyl/N-ethyl adjacent to an activating group) is 1. The van der Waals surface area contributed by atoms with Gasteiger partial charge < -0.3 is 25.6 Å². The zero-order chi connectivity index (χ0) is 28.8. The first-order chi connectivity index (χ1) is 18.2. The Morgan fingerprint density at radius 1 is 1.10 bits per heavy atom. The second-order valence-corrected chi connectivity index (χ2v) is 12.4. The Bertz CT molecular complexity index is 1230. The molecule has 2 aliphatic rings. The van der Waals surface area contributed by atoms with Gasteiger partial charge in [-0.3, -0.25) is 14.1 Å². The lowest BCUT2D eigenvalue weighted by atomic mass is 9.74. The molecule has 1 saturated heterocycles. The molecular weight excluding hydrogens is 520 g/mol. The van der Waals surface area contributed by atoms with Crippen molar-refractivity contribution in [1.82, 2.24) is 10.2 Å². The number of anilines is 1. The number of rotatable bonds is 7. The molecule has 0 aliphatic carbocycles. The van der Waals surface area contributed by atoms with Gasteiger partial charge in [0.25, 0.3) is 10.1 Å². The number of carbonyl (C=O) groups is 2. The van der Waals surface area contributed by atoms with Gasteiger partial charge in [-0.25, -0.2) is 0 Å². The Kier molecular flexibility index (Phi) is 9.76. The van der Waals surface area contributed by atoms with Crippen molar-refractivity contribution in [3.8, 4) is 0 Å². The van der Waals surface area contributed by atoms with Crippen LogP contribution in [0.2, 0.25) is 0 Å². The lowest BCUT2D eigenvalue weighted by Gasteiger charge is -2.41. The Balaban J connectivity index is 0.000000771. The first-order valence-electron chi connectivity index (χ1n) is 12.9. The summed E-state index contributed by atoms with van der Waals surface area (Å²) in [5.41, 5.74) is 8.65. The van der Waals surface area contributed by atoms with E-state index in [4.69, 9.17) is 15.0 Å². The van der Waals surface area contributed by atoms with Crippen molar-refractivity contribution in [2.24, 2.45) is 5.73 Å². The number of benzene rings is 2. The quantitative estimate of drug-likeness (QED) is 0.436. The highest BCUT2D eigenvalue weighted by molar-refractivity contribution is 7.85. The van der Waals surface area contributed by atoms with Crippen LogP contribution in [0.5, 0.6) is 0 Å². The highest BCUT2D eigenvalue weighted by Crippen LogP contribution is 2.46. The molecule has 39 heavy (non-hydrogen) atoms. The number of piperidine rings is 1. The van der Waals surface area contributed by atoms with Crippen LogP contribution in [0, 0.1) is 0 Å². The second-order valence-electron chi connectivity index (χ2n) is 11.0. The molecule has 1 atom stereocenters. The highest BCUT2D eigenvalue weighted by atomic mass is 32.2. The molecule has 10 nitrogen and oxygen atoms in total. The summed E-state index contributed by atoms with van der Waals surface area (Å²) in [4.78, 5) is 30.3. The van der Waals surface area contributed by atoms with Gasteiger partial charge in [0, 0.05) is 37.8 Å². The maximum absolute atomic E-state index is 13.5. The standard InChI is InChI=1S/C27H36N4O3.CH4O3S/c1-26(2,28)25(33)29-22(18-34-17-20-9-5-4-6-10-20)24(32)31-15-13-27(14-16-31)19-30(3)23-12-8-7-11-21(23)27;1-5(2,3)4/h4-12,22H,13-19,28H2,1-3H3,(H,29,33);1H3,(H,2,3,4). The molecule has 0 saturated carbocycles. The third-order valence-corrected chi connectivity index (χ3v) is 7.04. The van der Waals surface area contributed by atoms with Gasteiger partial charge in [0.1, 0.15) is 6.04 Å². The number of para-hydroxylation sites is 1. The van der Waals surface area contributed by atoms with E-state index in [0.717, 1.165) is 24.9 Å². The van der Waals surface area contributed by atoms with E-state index in [9.17, 15) is 18.0 Å². The van der Waals surface area contributed by atoms with Crippen molar-refractivity contribution in [2.75, 3.05) is 44.4 Å². The van der Waals surface area contributed by atoms with Crippen molar-refractivity contribution >= 4 is 27.6 Å². The predicted octanol–water partition coefficient (Wildman–Crippen LogP) is 1.94. The van der Waals surface area contributed by atoms with Crippen molar-refractivity contribution in [3.05, 3.63) is 65.7 Å². The number of carbonyl (C=O) groups excluding carboxylic acids is 2. The summed E-state index contributed by atoms with van der Waals surface area (Å²) in [6.07, 6.45) is 2.51. The Morgan fingerprint density at radius 3 is 2.26 bits per heavy atom. The number of nitrogens with zero attached hydrogens (tertiary/aromatic N) is 2. The first-order valence-corrected chi connectivity index (χ1v) is 14.8. The van der Waals surface area contributed by atoms with Gasteiger partial charge in [-0.1, -0.05) is 48.5 Å². The molecule has 2 amide bonds. The maximum Gasteiger partial charge on any atom is 0.261 e. The number of fused-ring (bicyclic) bond motifs is 2. The molecule has 11 heteroatoms. The van der Waals surface area contributed by atoms with Crippen molar-refractivity contribution in [3.63, 3.8) is 0 Å². The fraction of sp³-hybridized carbons (Fsp3) is 0.500. The number of nitrogens with one attached hydrogen (secondary N) is 1. The van der Waals surface area contributed by atoms with Crippen LogP contribution >= 0.6 is 0 Å². The number of hydrogen-bond acceptors (Lipinski definition) is 7. The van der Waals surface area contributed by atoms with Gasteiger partial charge in [-0.05, 0) is 43.9 Å². The summed E-state index contributed by atoms with van der Waals surface area (Å²) in [5, 5.41) is 2.84. The monoisotopic (exact) mass is 560 g/mol. The molecule has 0 aromatic heterocycles. The van der Waals surface area contributed by atoms with E-state index < -0.39 is 21.7 Å². The molecule has 1 fully saturated rings. The maximum atomic E-state index is 13.5. The topological polar surface area (TPSA) is 142 Å². The lowest BCUT2D eigenvalue weighted by molar-refractivity contribution is -0.140. The minimum atomic E-state index is -3.67. The molecule has 4 N–H and O–H groups in total. The van der Waals surface area contributed by atoms with Gasteiger partial charge in [0.15, 0.2) is 0 Å².